The maximum atomic E-state index is 13.7. The molecule has 254 valence electrons. The Bertz CT molecular complexity index is 1550. The fourth-order valence-corrected chi connectivity index (χ4v) is 6.71. The first-order valence-electron chi connectivity index (χ1n) is 15.6. The summed E-state index contributed by atoms with van der Waals surface area (Å²) in [6.45, 7) is 9.83. The highest BCUT2D eigenvalue weighted by molar-refractivity contribution is 5.93. The summed E-state index contributed by atoms with van der Waals surface area (Å²) >= 11 is 0. The minimum absolute atomic E-state index is 0.0438. The van der Waals surface area contributed by atoms with Crippen LogP contribution in [-0.4, -0.2) is 69.0 Å². The molecule has 2 aromatic rings. The van der Waals surface area contributed by atoms with Crippen molar-refractivity contribution in [1.29, 1.82) is 5.26 Å². The summed E-state index contributed by atoms with van der Waals surface area (Å²) in [6.07, 6.45) is 1.06. The van der Waals surface area contributed by atoms with Gasteiger partial charge in [-0.3, -0.25) is 19.8 Å². The van der Waals surface area contributed by atoms with E-state index in [1.807, 2.05) is 44.9 Å². The predicted octanol–water partition coefficient (Wildman–Crippen LogP) is 5.47. The Morgan fingerprint density at radius 1 is 1.15 bits per heavy atom. The van der Waals surface area contributed by atoms with Gasteiger partial charge in [0.25, 0.3) is 5.69 Å². The molecule has 12 heteroatoms. The van der Waals surface area contributed by atoms with Crippen molar-refractivity contribution in [3.63, 3.8) is 0 Å². The van der Waals surface area contributed by atoms with Crippen LogP contribution in [0.25, 0.3) is 0 Å². The van der Waals surface area contributed by atoms with Crippen LogP contribution in [0.2, 0.25) is 0 Å². The van der Waals surface area contributed by atoms with Gasteiger partial charge in [0.2, 0.25) is 0 Å². The summed E-state index contributed by atoms with van der Waals surface area (Å²) in [6, 6.07) is 14.1. The molecule has 47 heavy (non-hydrogen) atoms. The number of carbonyl (C=O) groups is 2. The van der Waals surface area contributed by atoms with Crippen LogP contribution in [-0.2, 0) is 24.5 Å². The zero-order valence-electron chi connectivity index (χ0n) is 28.7. The number of hydrogen-bond donors (Lipinski definition) is 1. The summed E-state index contributed by atoms with van der Waals surface area (Å²) in [5.41, 5.74) is -0.223. The van der Waals surface area contributed by atoms with Gasteiger partial charge in [0.15, 0.2) is 11.5 Å². The second kappa shape index (κ2) is 15.3. The van der Waals surface area contributed by atoms with E-state index in [1.165, 1.54) is 25.3 Å². The molecular weight excluding hydrogens is 604 g/mol. The highest BCUT2D eigenvalue weighted by Crippen LogP contribution is 2.47. The van der Waals surface area contributed by atoms with Gasteiger partial charge in [0, 0.05) is 30.3 Å². The molecule has 0 radical (unpaired) electrons. The minimum Gasteiger partial charge on any atom is -0.493 e. The third-order valence-electron chi connectivity index (χ3n) is 9.43. The average molecular weight is 651 g/mol. The van der Waals surface area contributed by atoms with Crippen LogP contribution in [0.3, 0.4) is 0 Å². The second-order valence-electron chi connectivity index (χ2n) is 12.2. The first kappa shape index (κ1) is 36.8. The van der Waals surface area contributed by atoms with E-state index in [4.69, 9.17) is 18.9 Å². The quantitative estimate of drug-likeness (QED) is 0.157. The van der Waals surface area contributed by atoms with E-state index in [-0.39, 0.29) is 23.8 Å². The van der Waals surface area contributed by atoms with Crippen LogP contribution in [0.4, 0.5) is 5.69 Å². The Kier molecular flexibility index (Phi) is 12.0. The van der Waals surface area contributed by atoms with Crippen molar-refractivity contribution in [2.45, 2.75) is 64.5 Å². The maximum absolute atomic E-state index is 13.7. The zero-order chi connectivity index (χ0) is 35.1. The molecule has 2 aromatic carbocycles. The number of nitro groups is 1. The van der Waals surface area contributed by atoms with Gasteiger partial charge in [-0.2, -0.15) is 5.26 Å². The number of nitriles is 1. The molecule has 4 atom stereocenters. The van der Waals surface area contributed by atoms with Gasteiger partial charge in [-0.25, -0.2) is 4.79 Å². The number of esters is 2. The zero-order valence-corrected chi connectivity index (χ0v) is 28.7. The normalized spacial score (nSPS) is 20.6. The average Bonchev–Trinajstić information content (AvgIpc) is 3.05. The number of methoxy groups -OCH3 is 3. The molecule has 1 aliphatic heterocycles. The lowest BCUT2D eigenvalue weighted by molar-refractivity contribution is -0.384. The standard InChI is InChI=1S/C35H46N4O8/c1-10-47-32(40)29-23(4)37-34(5,31(33(41)46-9)30(29)24-13-11-14-26(19-24)39(42)43)38(6)18-12-17-35(21-36,22(2)3)25-15-16-27(44-7)28(20-25)45-8/h11,13-16,19-20,22,30-31,37H,10,12,17-18H2,1-9H3. The molecule has 0 amide bonds. The number of nitrogens with one attached hydrogen (secondary N) is 1. The Labute approximate surface area is 276 Å². The molecule has 0 bridgehead atoms. The lowest BCUT2D eigenvalue weighted by Gasteiger charge is -2.51. The van der Waals surface area contributed by atoms with Gasteiger partial charge in [-0.1, -0.05) is 32.0 Å². The lowest BCUT2D eigenvalue weighted by atomic mass is 9.69. The van der Waals surface area contributed by atoms with Crippen LogP contribution < -0.4 is 14.8 Å². The Balaban J connectivity index is 2.07. The van der Waals surface area contributed by atoms with E-state index in [0.717, 1.165) is 5.56 Å². The van der Waals surface area contributed by atoms with Crippen LogP contribution in [0.5, 0.6) is 11.5 Å². The molecule has 0 aliphatic carbocycles. The van der Waals surface area contributed by atoms with Crippen molar-refractivity contribution in [1.82, 2.24) is 10.2 Å². The second-order valence-corrected chi connectivity index (χ2v) is 12.2. The lowest BCUT2D eigenvalue weighted by Crippen LogP contribution is -2.65. The number of ether oxygens (including phenoxy) is 4. The topological polar surface area (TPSA) is 153 Å². The number of nitrogens with zero attached hydrogens (tertiary/aromatic N) is 3. The fourth-order valence-electron chi connectivity index (χ4n) is 6.71. The molecule has 4 unspecified atom stereocenters. The van der Waals surface area contributed by atoms with Crippen LogP contribution in [0, 0.1) is 33.3 Å². The van der Waals surface area contributed by atoms with E-state index < -0.39 is 39.8 Å². The van der Waals surface area contributed by atoms with E-state index in [1.54, 1.807) is 40.2 Å². The van der Waals surface area contributed by atoms with Crippen molar-refractivity contribution in [2.75, 3.05) is 41.5 Å². The molecule has 1 heterocycles. The van der Waals surface area contributed by atoms with Gasteiger partial charge >= 0.3 is 11.9 Å². The summed E-state index contributed by atoms with van der Waals surface area (Å²) in [4.78, 5) is 40.3. The van der Waals surface area contributed by atoms with Gasteiger partial charge in [0.1, 0.15) is 11.6 Å². The Morgan fingerprint density at radius 3 is 2.38 bits per heavy atom. The van der Waals surface area contributed by atoms with Crippen molar-refractivity contribution < 1.29 is 33.5 Å². The van der Waals surface area contributed by atoms with E-state index >= 15 is 0 Å². The molecule has 0 fully saturated rings. The molecule has 1 N–H and O–H groups in total. The highest BCUT2D eigenvalue weighted by Gasteiger charge is 2.54. The fraction of sp³-hybridized carbons (Fsp3) is 0.514. The van der Waals surface area contributed by atoms with Gasteiger partial charge in [0.05, 0.1) is 49.9 Å². The third kappa shape index (κ3) is 7.20. The minimum atomic E-state index is -1.11. The third-order valence-corrected chi connectivity index (χ3v) is 9.43. The van der Waals surface area contributed by atoms with Crippen molar-refractivity contribution in [3.8, 4) is 17.6 Å². The molecule has 0 saturated carbocycles. The van der Waals surface area contributed by atoms with Crippen molar-refractivity contribution >= 4 is 17.6 Å². The smallest absolute Gasteiger partial charge is 0.336 e. The predicted molar refractivity (Wildman–Crippen MR) is 176 cm³/mol. The Morgan fingerprint density at radius 2 is 1.83 bits per heavy atom. The van der Waals surface area contributed by atoms with Gasteiger partial charge < -0.3 is 24.3 Å². The van der Waals surface area contributed by atoms with Crippen molar-refractivity contribution in [3.05, 3.63) is 75.0 Å². The first-order valence-corrected chi connectivity index (χ1v) is 15.6. The first-order chi connectivity index (χ1) is 22.3. The summed E-state index contributed by atoms with van der Waals surface area (Å²) in [5.74, 6) is -2.10. The molecule has 12 nitrogen and oxygen atoms in total. The summed E-state index contributed by atoms with van der Waals surface area (Å²) < 4.78 is 21.6. The summed E-state index contributed by atoms with van der Waals surface area (Å²) in [5, 5.41) is 25.7. The molecule has 0 aromatic heterocycles. The van der Waals surface area contributed by atoms with E-state index in [2.05, 4.69) is 11.4 Å². The highest BCUT2D eigenvalue weighted by atomic mass is 16.6. The molecule has 3 rings (SSSR count). The number of non-ortho nitro benzene ring substituents is 1. The van der Waals surface area contributed by atoms with E-state index in [0.29, 0.717) is 42.1 Å². The Hall–Kier alpha value is -4.63. The van der Waals surface area contributed by atoms with Crippen molar-refractivity contribution in [2.24, 2.45) is 11.8 Å². The monoisotopic (exact) mass is 650 g/mol. The number of carbonyl (C=O) groups excluding carboxylic acids is 2. The molecule has 1 aliphatic rings. The summed E-state index contributed by atoms with van der Waals surface area (Å²) in [7, 11) is 6.25. The molecule has 0 spiro atoms. The van der Waals surface area contributed by atoms with Crippen LogP contribution in [0.15, 0.2) is 53.7 Å². The number of nitro benzene ring substituents is 1. The maximum Gasteiger partial charge on any atom is 0.336 e. The van der Waals surface area contributed by atoms with Crippen LogP contribution in [0.1, 0.15) is 64.5 Å². The number of allylic oxidation sites excluding steroid dienone is 1. The largest absolute Gasteiger partial charge is 0.493 e. The number of benzene rings is 2. The molecule has 0 saturated heterocycles. The van der Waals surface area contributed by atoms with E-state index in [9.17, 15) is 25.0 Å². The number of hydrogen-bond acceptors (Lipinski definition) is 11. The SMILES string of the molecule is CCOC(=O)C1=C(C)NC(C)(N(C)CCCC(C#N)(c2ccc(OC)c(OC)c2)C(C)C)C(C(=O)OC)C1c1cccc([N+](=O)[O-])c1. The number of rotatable bonds is 14. The molecular formula is C35H46N4O8. The van der Waals surface area contributed by atoms with Gasteiger partial charge in [-0.05, 0) is 69.8 Å². The van der Waals surface area contributed by atoms with Crippen LogP contribution >= 0.6 is 0 Å². The van der Waals surface area contributed by atoms with Gasteiger partial charge in [-0.15, -0.1) is 0 Å².